The molecular weight excluding hydrogens is 174 g/mol. The summed E-state index contributed by atoms with van der Waals surface area (Å²) in [6.07, 6.45) is 2.77. The lowest BCUT2D eigenvalue weighted by Gasteiger charge is -1.99. The predicted octanol–water partition coefficient (Wildman–Crippen LogP) is 1.83. The van der Waals surface area contributed by atoms with Gasteiger partial charge in [0.2, 0.25) is 0 Å². The molecule has 0 bridgehead atoms. The van der Waals surface area contributed by atoms with Gasteiger partial charge in [-0.1, -0.05) is 37.3 Å². The van der Waals surface area contributed by atoms with Crippen LogP contribution >= 0.6 is 0 Å². The number of hydrogen-bond donors (Lipinski definition) is 1. The number of benzene rings is 1. The van der Waals surface area contributed by atoms with Crippen molar-refractivity contribution in [1.29, 1.82) is 0 Å². The van der Waals surface area contributed by atoms with E-state index in [1.54, 1.807) is 4.68 Å². The number of rotatable bonds is 2. The molecular formula is C11H13N3. The van der Waals surface area contributed by atoms with Crippen molar-refractivity contribution < 1.29 is 0 Å². The Labute approximate surface area is 83.2 Å². The SMILES string of the molecule is CCc1cn(N)c(-c2ccccc2)n1. The van der Waals surface area contributed by atoms with Gasteiger partial charge in [0, 0.05) is 11.8 Å². The number of nitrogens with two attached hydrogens (primary N) is 1. The summed E-state index contributed by atoms with van der Waals surface area (Å²) in [6.45, 7) is 2.07. The number of hydrogen-bond acceptors (Lipinski definition) is 2. The molecule has 0 unspecified atom stereocenters. The molecule has 1 heterocycles. The van der Waals surface area contributed by atoms with Gasteiger partial charge < -0.3 is 5.84 Å². The molecule has 2 N–H and O–H groups in total. The third-order valence-electron chi connectivity index (χ3n) is 2.18. The number of nitrogen functional groups attached to an aromatic ring is 1. The fourth-order valence-electron chi connectivity index (χ4n) is 1.42. The first-order valence-electron chi connectivity index (χ1n) is 4.70. The molecule has 2 rings (SSSR count). The van der Waals surface area contributed by atoms with E-state index in [-0.39, 0.29) is 0 Å². The Bertz CT molecular complexity index is 417. The molecule has 0 amide bonds. The molecule has 0 aliphatic heterocycles. The standard InChI is InChI=1S/C11H13N3/c1-2-10-8-14(12)11(13-10)9-6-4-3-5-7-9/h3-8H,2,12H2,1H3. The molecule has 0 saturated heterocycles. The molecule has 14 heavy (non-hydrogen) atoms. The zero-order valence-corrected chi connectivity index (χ0v) is 8.14. The quantitative estimate of drug-likeness (QED) is 0.729. The van der Waals surface area contributed by atoms with Crippen molar-refractivity contribution in [3.05, 3.63) is 42.2 Å². The number of aryl methyl sites for hydroxylation is 1. The highest BCUT2D eigenvalue weighted by Gasteiger charge is 2.05. The number of aromatic nitrogens is 2. The Balaban J connectivity index is 2.46. The van der Waals surface area contributed by atoms with E-state index in [0.29, 0.717) is 0 Å². The smallest absolute Gasteiger partial charge is 0.158 e. The summed E-state index contributed by atoms with van der Waals surface area (Å²) in [5.41, 5.74) is 2.07. The maximum atomic E-state index is 5.80. The average molecular weight is 187 g/mol. The van der Waals surface area contributed by atoms with Crippen molar-refractivity contribution in [3.63, 3.8) is 0 Å². The third-order valence-corrected chi connectivity index (χ3v) is 2.18. The van der Waals surface area contributed by atoms with Gasteiger partial charge in [-0.15, -0.1) is 0 Å². The molecule has 72 valence electrons. The summed E-state index contributed by atoms with van der Waals surface area (Å²) in [7, 11) is 0. The van der Waals surface area contributed by atoms with E-state index in [9.17, 15) is 0 Å². The van der Waals surface area contributed by atoms with Crippen LogP contribution in [0.25, 0.3) is 11.4 Å². The van der Waals surface area contributed by atoms with Crippen molar-refractivity contribution in [3.8, 4) is 11.4 Å². The lowest BCUT2D eigenvalue weighted by Crippen LogP contribution is -2.07. The summed E-state index contributed by atoms with van der Waals surface area (Å²) in [6, 6.07) is 9.95. The van der Waals surface area contributed by atoms with Crippen LogP contribution < -0.4 is 5.84 Å². The minimum atomic E-state index is 0.822. The van der Waals surface area contributed by atoms with Gasteiger partial charge in [0.25, 0.3) is 0 Å². The van der Waals surface area contributed by atoms with Crippen LogP contribution in [-0.2, 0) is 6.42 Å². The number of nitrogens with zero attached hydrogens (tertiary/aromatic N) is 2. The summed E-state index contributed by atoms with van der Waals surface area (Å²) in [5, 5.41) is 0. The zero-order chi connectivity index (χ0) is 9.97. The van der Waals surface area contributed by atoms with Gasteiger partial charge >= 0.3 is 0 Å². The van der Waals surface area contributed by atoms with E-state index in [1.807, 2.05) is 36.5 Å². The Kier molecular flexibility index (Phi) is 2.23. The molecule has 0 aliphatic rings. The van der Waals surface area contributed by atoms with E-state index >= 15 is 0 Å². The van der Waals surface area contributed by atoms with Gasteiger partial charge in [-0.05, 0) is 6.42 Å². The molecule has 1 aromatic carbocycles. The fraction of sp³-hybridized carbons (Fsp3) is 0.182. The minimum Gasteiger partial charge on any atom is -0.338 e. The minimum absolute atomic E-state index is 0.822. The summed E-state index contributed by atoms with van der Waals surface area (Å²) in [4.78, 5) is 4.44. The van der Waals surface area contributed by atoms with Gasteiger partial charge in [-0.25, -0.2) is 4.98 Å². The van der Waals surface area contributed by atoms with Crippen LogP contribution in [0.4, 0.5) is 0 Å². The second-order valence-corrected chi connectivity index (χ2v) is 3.18. The molecule has 0 atom stereocenters. The zero-order valence-electron chi connectivity index (χ0n) is 8.14. The third kappa shape index (κ3) is 1.48. The maximum absolute atomic E-state index is 5.80. The first-order chi connectivity index (χ1) is 6.81. The molecule has 0 spiro atoms. The van der Waals surface area contributed by atoms with Gasteiger partial charge in [0.1, 0.15) is 0 Å². The Morgan fingerprint density at radius 2 is 2.00 bits per heavy atom. The second kappa shape index (κ2) is 3.54. The molecule has 3 nitrogen and oxygen atoms in total. The molecule has 0 saturated carbocycles. The molecule has 1 aromatic heterocycles. The van der Waals surface area contributed by atoms with E-state index in [1.165, 1.54) is 0 Å². The van der Waals surface area contributed by atoms with Crippen molar-refractivity contribution in [2.75, 3.05) is 5.84 Å². The summed E-state index contributed by atoms with van der Waals surface area (Å²) in [5.74, 6) is 6.62. The highest BCUT2D eigenvalue weighted by molar-refractivity contribution is 5.55. The Morgan fingerprint density at radius 1 is 1.29 bits per heavy atom. The normalized spacial score (nSPS) is 10.4. The van der Waals surface area contributed by atoms with Crippen molar-refractivity contribution in [1.82, 2.24) is 9.66 Å². The van der Waals surface area contributed by atoms with Crippen molar-refractivity contribution in [2.45, 2.75) is 13.3 Å². The lowest BCUT2D eigenvalue weighted by molar-refractivity contribution is 1.01. The van der Waals surface area contributed by atoms with Gasteiger partial charge in [-0.2, -0.15) is 0 Å². The summed E-state index contributed by atoms with van der Waals surface area (Å²) >= 11 is 0. The fourth-order valence-corrected chi connectivity index (χ4v) is 1.42. The monoisotopic (exact) mass is 187 g/mol. The van der Waals surface area contributed by atoms with Gasteiger partial charge in [0.15, 0.2) is 5.82 Å². The van der Waals surface area contributed by atoms with Crippen LogP contribution in [0, 0.1) is 0 Å². The van der Waals surface area contributed by atoms with E-state index in [0.717, 1.165) is 23.5 Å². The molecule has 0 radical (unpaired) electrons. The van der Waals surface area contributed by atoms with E-state index < -0.39 is 0 Å². The van der Waals surface area contributed by atoms with Crippen LogP contribution in [0.2, 0.25) is 0 Å². The van der Waals surface area contributed by atoms with Crippen molar-refractivity contribution in [2.24, 2.45) is 0 Å². The molecule has 0 fully saturated rings. The first kappa shape index (κ1) is 8.81. The van der Waals surface area contributed by atoms with Gasteiger partial charge in [0.05, 0.1) is 5.69 Å². The molecule has 3 heteroatoms. The van der Waals surface area contributed by atoms with E-state index in [4.69, 9.17) is 5.84 Å². The maximum Gasteiger partial charge on any atom is 0.158 e. The van der Waals surface area contributed by atoms with Crippen LogP contribution in [0.15, 0.2) is 36.5 Å². The first-order valence-corrected chi connectivity index (χ1v) is 4.70. The largest absolute Gasteiger partial charge is 0.338 e. The molecule has 0 aliphatic carbocycles. The number of imidazole rings is 1. The highest BCUT2D eigenvalue weighted by atomic mass is 15.3. The summed E-state index contributed by atoms with van der Waals surface area (Å²) < 4.78 is 1.58. The lowest BCUT2D eigenvalue weighted by atomic mass is 10.2. The van der Waals surface area contributed by atoms with Crippen LogP contribution in [0.3, 0.4) is 0 Å². The second-order valence-electron chi connectivity index (χ2n) is 3.18. The topological polar surface area (TPSA) is 43.8 Å². The Morgan fingerprint density at radius 3 is 2.57 bits per heavy atom. The Hall–Kier alpha value is -1.77. The van der Waals surface area contributed by atoms with Crippen LogP contribution in [0.1, 0.15) is 12.6 Å². The van der Waals surface area contributed by atoms with Gasteiger partial charge in [-0.3, -0.25) is 4.68 Å². The average Bonchev–Trinajstić information content (AvgIpc) is 2.61. The van der Waals surface area contributed by atoms with E-state index in [2.05, 4.69) is 11.9 Å². The van der Waals surface area contributed by atoms with Crippen LogP contribution in [-0.4, -0.2) is 9.66 Å². The predicted molar refractivity (Wildman–Crippen MR) is 57.2 cm³/mol. The van der Waals surface area contributed by atoms with Crippen molar-refractivity contribution >= 4 is 0 Å². The van der Waals surface area contributed by atoms with Crippen LogP contribution in [0.5, 0.6) is 0 Å². The molecule has 2 aromatic rings. The highest BCUT2D eigenvalue weighted by Crippen LogP contribution is 2.16.